The van der Waals surface area contributed by atoms with E-state index in [1.165, 1.54) is 12.1 Å². The second-order valence-electron chi connectivity index (χ2n) is 9.67. The first-order chi connectivity index (χ1) is 16.8. The third-order valence-electron chi connectivity index (χ3n) is 6.92. The van der Waals surface area contributed by atoms with Crippen molar-refractivity contribution in [2.75, 3.05) is 5.73 Å². The van der Waals surface area contributed by atoms with Gasteiger partial charge >= 0.3 is 0 Å². The molecule has 0 saturated heterocycles. The van der Waals surface area contributed by atoms with Gasteiger partial charge in [-0.05, 0) is 68.9 Å². The van der Waals surface area contributed by atoms with E-state index in [1.54, 1.807) is 12.1 Å². The van der Waals surface area contributed by atoms with Crippen LogP contribution in [-0.4, -0.2) is 36.1 Å². The maximum Gasteiger partial charge on any atom is 0.217 e. The Morgan fingerprint density at radius 3 is 2.69 bits per heavy atom. The van der Waals surface area contributed by atoms with E-state index in [9.17, 15) is 14.3 Å². The Bertz CT molecular complexity index is 1330. The number of imidazole rings is 1. The number of nitrogens with zero attached hydrogens (tertiary/aromatic N) is 4. The summed E-state index contributed by atoms with van der Waals surface area (Å²) in [7, 11) is 0. The van der Waals surface area contributed by atoms with E-state index in [4.69, 9.17) is 21.4 Å². The lowest BCUT2D eigenvalue weighted by atomic mass is 9.85. The van der Waals surface area contributed by atoms with Gasteiger partial charge in [-0.25, -0.2) is 19.3 Å². The molecule has 3 aromatic rings. The van der Waals surface area contributed by atoms with E-state index < -0.39 is 5.60 Å². The summed E-state index contributed by atoms with van der Waals surface area (Å²) < 4.78 is 16.1. The highest BCUT2D eigenvalue weighted by Gasteiger charge is 2.36. The number of fused-ring (bicyclic) bond motifs is 1. The van der Waals surface area contributed by atoms with Gasteiger partial charge in [0, 0.05) is 18.0 Å². The van der Waals surface area contributed by atoms with Crippen molar-refractivity contribution in [3.63, 3.8) is 0 Å². The second-order valence-corrected chi connectivity index (χ2v) is 9.67. The SMILES string of the molecule is NC(=O)CCC(C1CC1)n1c(-c2cccc(F)c2)nc2c(N)nc(C#CC3(O)CCCCC3)nc21. The largest absolute Gasteiger partial charge is 0.382 e. The molecule has 1 atom stereocenters. The third-order valence-corrected chi connectivity index (χ3v) is 6.92. The Balaban J connectivity index is 1.66. The predicted molar refractivity (Wildman–Crippen MR) is 130 cm³/mol. The van der Waals surface area contributed by atoms with E-state index in [-0.39, 0.29) is 35.8 Å². The number of nitrogens with two attached hydrogens (primary N) is 2. The van der Waals surface area contributed by atoms with Gasteiger partial charge in [0.25, 0.3) is 0 Å². The molecule has 2 saturated carbocycles. The van der Waals surface area contributed by atoms with Crippen molar-refractivity contribution in [3.05, 3.63) is 35.9 Å². The molecule has 2 heterocycles. The molecule has 2 aliphatic rings. The number of carbonyl (C=O) groups is 1. The van der Waals surface area contributed by atoms with Gasteiger partial charge in [0.2, 0.25) is 11.7 Å². The van der Waals surface area contributed by atoms with Gasteiger partial charge in [-0.15, -0.1) is 0 Å². The summed E-state index contributed by atoms with van der Waals surface area (Å²) in [4.78, 5) is 25.4. The third kappa shape index (κ3) is 4.98. The minimum Gasteiger partial charge on any atom is -0.382 e. The Morgan fingerprint density at radius 1 is 1.23 bits per heavy atom. The Labute approximate surface area is 203 Å². The molecule has 2 fully saturated rings. The average molecular weight is 477 g/mol. The molecule has 1 unspecified atom stereocenters. The van der Waals surface area contributed by atoms with Crippen LogP contribution in [0.3, 0.4) is 0 Å². The lowest BCUT2D eigenvalue weighted by Crippen LogP contribution is -2.29. The Kier molecular flexibility index (Phi) is 6.15. The van der Waals surface area contributed by atoms with E-state index in [0.29, 0.717) is 47.7 Å². The molecule has 2 aliphatic carbocycles. The molecule has 0 spiro atoms. The zero-order valence-corrected chi connectivity index (χ0v) is 19.5. The van der Waals surface area contributed by atoms with E-state index in [1.807, 2.05) is 4.57 Å². The summed E-state index contributed by atoms with van der Waals surface area (Å²) >= 11 is 0. The quantitative estimate of drug-likeness (QED) is 0.467. The number of rotatable bonds is 6. The van der Waals surface area contributed by atoms with Crippen LogP contribution in [0.1, 0.15) is 69.7 Å². The molecule has 5 rings (SSSR count). The van der Waals surface area contributed by atoms with Gasteiger partial charge in [0.15, 0.2) is 17.0 Å². The number of hydrogen-bond acceptors (Lipinski definition) is 6. The normalized spacial score (nSPS) is 18.1. The number of hydrogen-bond donors (Lipinski definition) is 3. The van der Waals surface area contributed by atoms with E-state index in [2.05, 4.69) is 16.8 Å². The van der Waals surface area contributed by atoms with Crippen molar-refractivity contribution in [2.45, 2.75) is 69.4 Å². The van der Waals surface area contributed by atoms with Gasteiger partial charge in [-0.2, -0.15) is 0 Å². The number of primary amides is 1. The highest BCUT2D eigenvalue weighted by molar-refractivity contribution is 5.86. The number of anilines is 1. The fraction of sp³-hybridized carbons (Fsp3) is 0.462. The summed E-state index contributed by atoms with van der Waals surface area (Å²) in [5, 5.41) is 10.8. The standard InChI is InChI=1S/C26H29FN6O2/c27-18-6-4-5-17(15-18)24-32-22-23(29)30-21(11-14-26(35)12-2-1-3-13-26)31-25(22)33(24)19(16-7-8-16)9-10-20(28)34/h4-6,15-16,19,35H,1-3,7-10,12-13H2,(H2,28,34)(H2,29,30,31). The smallest absolute Gasteiger partial charge is 0.217 e. The van der Waals surface area contributed by atoms with Crippen LogP contribution < -0.4 is 11.5 Å². The highest BCUT2D eigenvalue weighted by atomic mass is 19.1. The lowest BCUT2D eigenvalue weighted by molar-refractivity contribution is -0.118. The topological polar surface area (TPSA) is 133 Å². The van der Waals surface area contributed by atoms with Gasteiger partial charge in [-0.3, -0.25) is 4.79 Å². The van der Waals surface area contributed by atoms with Crippen LogP contribution in [0.5, 0.6) is 0 Å². The zero-order chi connectivity index (χ0) is 24.6. The van der Waals surface area contributed by atoms with Gasteiger partial charge in [0.1, 0.15) is 17.2 Å². The van der Waals surface area contributed by atoms with Gasteiger partial charge < -0.3 is 21.1 Å². The maximum absolute atomic E-state index is 14.1. The molecule has 1 aromatic carbocycles. The fourth-order valence-corrected chi connectivity index (χ4v) is 4.98. The van der Waals surface area contributed by atoms with Crippen molar-refractivity contribution in [3.8, 4) is 23.2 Å². The summed E-state index contributed by atoms with van der Waals surface area (Å²) in [5.74, 6) is 6.33. The molecule has 35 heavy (non-hydrogen) atoms. The molecular weight excluding hydrogens is 447 g/mol. The van der Waals surface area contributed by atoms with Gasteiger partial charge in [-0.1, -0.05) is 24.5 Å². The maximum atomic E-state index is 14.1. The first-order valence-corrected chi connectivity index (χ1v) is 12.2. The van der Waals surface area contributed by atoms with Crippen molar-refractivity contribution < 1.29 is 14.3 Å². The molecule has 0 radical (unpaired) electrons. The highest BCUT2D eigenvalue weighted by Crippen LogP contribution is 2.45. The lowest BCUT2D eigenvalue weighted by Gasteiger charge is -2.26. The van der Waals surface area contributed by atoms with E-state index in [0.717, 1.165) is 32.1 Å². The van der Waals surface area contributed by atoms with Crippen LogP contribution in [-0.2, 0) is 4.79 Å². The van der Waals surface area contributed by atoms with Crippen molar-refractivity contribution in [1.29, 1.82) is 0 Å². The number of carbonyl (C=O) groups excluding carboxylic acids is 1. The number of aromatic nitrogens is 4. The predicted octanol–water partition coefficient (Wildman–Crippen LogP) is 3.48. The van der Waals surface area contributed by atoms with Crippen molar-refractivity contribution >= 4 is 22.9 Å². The minimum absolute atomic E-state index is 0.108. The Hall–Kier alpha value is -3.51. The molecule has 0 aliphatic heterocycles. The van der Waals surface area contributed by atoms with Crippen molar-refractivity contribution in [2.24, 2.45) is 11.7 Å². The summed E-state index contributed by atoms with van der Waals surface area (Å²) in [6, 6.07) is 6.09. The molecule has 9 heteroatoms. The van der Waals surface area contributed by atoms with Crippen LogP contribution in [0.25, 0.3) is 22.6 Å². The first-order valence-electron chi connectivity index (χ1n) is 12.2. The molecule has 1 amide bonds. The zero-order valence-electron chi connectivity index (χ0n) is 19.5. The summed E-state index contributed by atoms with van der Waals surface area (Å²) in [6.07, 6.45) is 6.93. The Morgan fingerprint density at radius 2 is 2.00 bits per heavy atom. The minimum atomic E-state index is -1.05. The first kappa shape index (κ1) is 23.2. The number of halogens is 1. The van der Waals surface area contributed by atoms with Crippen LogP contribution in [0.15, 0.2) is 24.3 Å². The summed E-state index contributed by atoms with van der Waals surface area (Å²) in [5.41, 5.74) is 12.2. The number of aliphatic hydroxyl groups is 1. The number of benzene rings is 1. The molecule has 5 N–H and O–H groups in total. The molecule has 182 valence electrons. The monoisotopic (exact) mass is 476 g/mol. The number of amides is 1. The fourth-order valence-electron chi connectivity index (χ4n) is 4.98. The van der Waals surface area contributed by atoms with Gasteiger partial charge in [0.05, 0.1) is 0 Å². The second kappa shape index (κ2) is 9.27. The van der Waals surface area contributed by atoms with Crippen LogP contribution in [0.2, 0.25) is 0 Å². The molecule has 8 nitrogen and oxygen atoms in total. The van der Waals surface area contributed by atoms with Crippen LogP contribution in [0, 0.1) is 23.6 Å². The van der Waals surface area contributed by atoms with Crippen molar-refractivity contribution in [1.82, 2.24) is 19.5 Å². The summed E-state index contributed by atoms with van der Waals surface area (Å²) in [6.45, 7) is 0. The van der Waals surface area contributed by atoms with Crippen LogP contribution >= 0.6 is 0 Å². The molecular formula is C26H29FN6O2. The van der Waals surface area contributed by atoms with Crippen LogP contribution in [0.4, 0.5) is 10.2 Å². The van der Waals surface area contributed by atoms with E-state index >= 15 is 0 Å². The number of nitrogen functional groups attached to an aromatic ring is 1. The average Bonchev–Trinajstić information content (AvgIpc) is 3.59. The molecule has 2 aromatic heterocycles. The molecule has 0 bridgehead atoms.